The van der Waals surface area contributed by atoms with E-state index in [2.05, 4.69) is 10.4 Å². The fourth-order valence-corrected chi connectivity index (χ4v) is 2.04. The number of para-hydroxylation sites is 2. The highest BCUT2D eigenvalue weighted by atomic mass is 16.1. The van der Waals surface area contributed by atoms with E-state index in [-0.39, 0.29) is 5.91 Å². The van der Waals surface area contributed by atoms with Crippen LogP contribution in [-0.4, -0.2) is 15.7 Å². The molecule has 0 aliphatic carbocycles. The van der Waals surface area contributed by atoms with Gasteiger partial charge in [-0.25, -0.2) is 0 Å². The van der Waals surface area contributed by atoms with Crippen LogP contribution in [0.25, 0.3) is 0 Å². The molecule has 1 aromatic heterocycles. The first-order chi connectivity index (χ1) is 8.99. The maximum absolute atomic E-state index is 12.0. The summed E-state index contributed by atoms with van der Waals surface area (Å²) in [5, 5.41) is 7.12. The number of amides is 1. The van der Waals surface area contributed by atoms with E-state index in [0.717, 1.165) is 17.0 Å². The molecule has 3 N–H and O–H groups in total. The molecule has 0 fully saturated rings. The Bertz CT molecular complexity index is 616. The summed E-state index contributed by atoms with van der Waals surface area (Å²) in [4.78, 5) is 12.0. The van der Waals surface area contributed by atoms with Gasteiger partial charge >= 0.3 is 0 Å². The average molecular weight is 258 g/mol. The van der Waals surface area contributed by atoms with Crippen LogP contribution in [0.15, 0.2) is 24.3 Å². The summed E-state index contributed by atoms with van der Waals surface area (Å²) in [5.74, 6) is -0.0860. The molecule has 5 heteroatoms. The van der Waals surface area contributed by atoms with Crippen molar-refractivity contribution in [2.75, 3.05) is 11.1 Å². The summed E-state index contributed by atoms with van der Waals surface area (Å²) in [6.07, 6.45) is 0.305. The number of nitrogens with zero attached hydrogens (tertiary/aromatic N) is 2. The highest BCUT2D eigenvalue weighted by Crippen LogP contribution is 2.18. The lowest BCUT2D eigenvalue weighted by Crippen LogP contribution is -2.16. The number of nitrogens with one attached hydrogen (secondary N) is 1. The fourth-order valence-electron chi connectivity index (χ4n) is 2.04. The summed E-state index contributed by atoms with van der Waals surface area (Å²) >= 11 is 0. The van der Waals surface area contributed by atoms with E-state index >= 15 is 0 Å². The molecule has 1 heterocycles. The molecule has 0 bridgehead atoms. The second-order valence-electron chi connectivity index (χ2n) is 4.59. The first-order valence-electron chi connectivity index (χ1n) is 6.12. The Labute approximate surface area is 112 Å². The van der Waals surface area contributed by atoms with E-state index in [4.69, 9.17) is 5.73 Å². The van der Waals surface area contributed by atoms with Gasteiger partial charge in [-0.1, -0.05) is 12.1 Å². The van der Waals surface area contributed by atoms with Crippen LogP contribution in [0, 0.1) is 13.8 Å². The number of carbonyl (C=O) groups excluding carboxylic acids is 1. The number of rotatable bonds is 3. The first-order valence-corrected chi connectivity index (χ1v) is 6.12. The monoisotopic (exact) mass is 258 g/mol. The highest BCUT2D eigenvalue weighted by Gasteiger charge is 2.14. The van der Waals surface area contributed by atoms with Crippen molar-refractivity contribution in [3.05, 3.63) is 41.2 Å². The van der Waals surface area contributed by atoms with E-state index in [1.807, 2.05) is 33.0 Å². The molecule has 0 aliphatic rings. The zero-order chi connectivity index (χ0) is 14.0. The molecule has 5 nitrogen and oxygen atoms in total. The maximum Gasteiger partial charge on any atom is 0.228 e. The van der Waals surface area contributed by atoms with Crippen molar-refractivity contribution in [1.82, 2.24) is 9.78 Å². The van der Waals surface area contributed by atoms with Crippen molar-refractivity contribution >= 4 is 17.3 Å². The zero-order valence-corrected chi connectivity index (χ0v) is 11.4. The average Bonchev–Trinajstić information content (AvgIpc) is 2.59. The Morgan fingerprint density at radius 2 is 2.05 bits per heavy atom. The molecule has 0 saturated carbocycles. The van der Waals surface area contributed by atoms with Crippen LogP contribution >= 0.6 is 0 Å². The molecule has 2 rings (SSSR count). The maximum atomic E-state index is 12.0. The minimum Gasteiger partial charge on any atom is -0.397 e. The predicted octanol–water partition coefficient (Wildman–Crippen LogP) is 1.80. The van der Waals surface area contributed by atoms with Crippen molar-refractivity contribution < 1.29 is 4.79 Å². The lowest BCUT2D eigenvalue weighted by atomic mass is 10.1. The van der Waals surface area contributed by atoms with Crippen molar-refractivity contribution in [2.24, 2.45) is 7.05 Å². The Hall–Kier alpha value is -2.30. The number of nitrogen functional groups attached to an aromatic ring is 1. The molecule has 2 aromatic rings. The summed E-state index contributed by atoms with van der Waals surface area (Å²) in [5.41, 5.74) is 9.87. The van der Waals surface area contributed by atoms with Gasteiger partial charge in [0.15, 0.2) is 0 Å². The molecule has 0 radical (unpaired) electrons. The van der Waals surface area contributed by atoms with Crippen LogP contribution in [0.2, 0.25) is 0 Å². The van der Waals surface area contributed by atoms with Crippen LogP contribution in [0.1, 0.15) is 17.0 Å². The predicted molar refractivity (Wildman–Crippen MR) is 75.9 cm³/mol. The molecule has 19 heavy (non-hydrogen) atoms. The topological polar surface area (TPSA) is 72.9 Å². The minimum absolute atomic E-state index is 0.0860. The van der Waals surface area contributed by atoms with Gasteiger partial charge in [0.25, 0.3) is 0 Å². The molecule has 1 amide bonds. The molecule has 0 unspecified atom stereocenters. The number of hydrogen-bond donors (Lipinski definition) is 2. The SMILES string of the molecule is Cc1nn(C)c(C)c1CC(=O)Nc1ccccc1N. The number of benzene rings is 1. The fraction of sp³-hybridized carbons (Fsp3) is 0.286. The molecule has 1 aromatic carbocycles. The van der Waals surface area contributed by atoms with E-state index in [1.165, 1.54) is 0 Å². The second-order valence-corrected chi connectivity index (χ2v) is 4.59. The van der Waals surface area contributed by atoms with Crippen LogP contribution < -0.4 is 11.1 Å². The third kappa shape index (κ3) is 2.76. The zero-order valence-electron chi connectivity index (χ0n) is 11.4. The Morgan fingerprint density at radius 1 is 1.37 bits per heavy atom. The molecular formula is C14H18N4O. The van der Waals surface area contributed by atoms with Crippen molar-refractivity contribution in [1.29, 1.82) is 0 Å². The van der Waals surface area contributed by atoms with Crippen molar-refractivity contribution in [2.45, 2.75) is 20.3 Å². The van der Waals surface area contributed by atoms with Gasteiger partial charge in [-0.2, -0.15) is 5.10 Å². The standard InChI is InChI=1S/C14H18N4O/c1-9-11(10(2)18(3)17-9)8-14(19)16-13-7-5-4-6-12(13)15/h4-7H,8,15H2,1-3H3,(H,16,19). The molecule has 0 saturated heterocycles. The smallest absolute Gasteiger partial charge is 0.228 e. The third-order valence-corrected chi connectivity index (χ3v) is 3.23. The van der Waals surface area contributed by atoms with Crippen LogP contribution in [0.3, 0.4) is 0 Å². The number of anilines is 2. The quantitative estimate of drug-likeness (QED) is 0.824. The Morgan fingerprint density at radius 3 is 2.63 bits per heavy atom. The lowest BCUT2D eigenvalue weighted by molar-refractivity contribution is -0.115. The van der Waals surface area contributed by atoms with Gasteiger partial charge in [0.1, 0.15) is 0 Å². The number of nitrogens with two attached hydrogens (primary N) is 1. The number of aryl methyl sites for hydroxylation is 2. The van der Waals surface area contributed by atoms with Gasteiger partial charge in [0.05, 0.1) is 23.5 Å². The largest absolute Gasteiger partial charge is 0.397 e. The van der Waals surface area contributed by atoms with Crippen molar-refractivity contribution in [3.63, 3.8) is 0 Å². The van der Waals surface area contributed by atoms with E-state index in [9.17, 15) is 4.79 Å². The van der Waals surface area contributed by atoms with Gasteiger partial charge in [0.2, 0.25) is 5.91 Å². The molecule has 100 valence electrons. The molecular weight excluding hydrogens is 240 g/mol. The van der Waals surface area contributed by atoms with Gasteiger partial charge in [-0.3, -0.25) is 9.48 Å². The summed E-state index contributed by atoms with van der Waals surface area (Å²) < 4.78 is 1.79. The summed E-state index contributed by atoms with van der Waals surface area (Å²) in [6.45, 7) is 3.87. The van der Waals surface area contributed by atoms with Crippen LogP contribution in [0.4, 0.5) is 11.4 Å². The molecule has 0 aliphatic heterocycles. The summed E-state index contributed by atoms with van der Waals surface area (Å²) in [7, 11) is 1.87. The molecule has 0 atom stereocenters. The Kier molecular flexibility index (Phi) is 3.55. The van der Waals surface area contributed by atoms with Crippen LogP contribution in [-0.2, 0) is 18.3 Å². The van der Waals surface area contributed by atoms with Gasteiger partial charge in [-0.05, 0) is 26.0 Å². The van der Waals surface area contributed by atoms with E-state index in [1.54, 1.807) is 16.8 Å². The second kappa shape index (κ2) is 5.14. The third-order valence-electron chi connectivity index (χ3n) is 3.23. The van der Waals surface area contributed by atoms with Gasteiger partial charge in [0, 0.05) is 18.3 Å². The van der Waals surface area contributed by atoms with Crippen molar-refractivity contribution in [3.8, 4) is 0 Å². The lowest BCUT2D eigenvalue weighted by Gasteiger charge is -2.08. The minimum atomic E-state index is -0.0860. The van der Waals surface area contributed by atoms with Gasteiger partial charge < -0.3 is 11.1 Å². The Balaban J connectivity index is 2.12. The first kappa shape index (κ1) is 13.1. The van der Waals surface area contributed by atoms with E-state index < -0.39 is 0 Å². The number of carbonyl (C=O) groups is 1. The number of aromatic nitrogens is 2. The van der Waals surface area contributed by atoms with E-state index in [0.29, 0.717) is 17.8 Å². The normalized spacial score (nSPS) is 10.5. The summed E-state index contributed by atoms with van der Waals surface area (Å²) in [6, 6.07) is 7.22. The number of hydrogen-bond acceptors (Lipinski definition) is 3. The van der Waals surface area contributed by atoms with Gasteiger partial charge in [-0.15, -0.1) is 0 Å². The highest BCUT2D eigenvalue weighted by molar-refractivity contribution is 5.95. The molecule has 0 spiro atoms. The van der Waals surface area contributed by atoms with Crippen LogP contribution in [0.5, 0.6) is 0 Å².